The lowest BCUT2D eigenvalue weighted by atomic mass is 10.00. The van der Waals surface area contributed by atoms with E-state index in [9.17, 15) is 4.21 Å². The molecule has 1 fully saturated rings. The molecule has 4 N–H and O–H groups in total. The van der Waals surface area contributed by atoms with Crippen molar-refractivity contribution in [1.82, 2.24) is 15.0 Å². The Labute approximate surface area is 192 Å². The fraction of sp³-hybridized carbons (Fsp3) is 0.261. The zero-order valence-corrected chi connectivity index (χ0v) is 19.0. The van der Waals surface area contributed by atoms with Crippen LogP contribution >= 0.6 is 11.3 Å². The second-order valence-corrected chi connectivity index (χ2v) is 10.6. The highest BCUT2D eigenvalue weighted by atomic mass is 32.2. The second-order valence-electron chi connectivity index (χ2n) is 7.70. The number of thiophene rings is 1. The lowest BCUT2D eigenvalue weighted by molar-refractivity contribution is 0.311. The summed E-state index contributed by atoms with van der Waals surface area (Å²) in [5.74, 6) is 0.450. The van der Waals surface area contributed by atoms with Crippen LogP contribution in [0.15, 0.2) is 53.0 Å². The van der Waals surface area contributed by atoms with Crippen LogP contribution in [-0.4, -0.2) is 42.7 Å². The number of aromatic nitrogens is 3. The number of aliphatic hydroxyl groups excluding tert-OH is 1. The van der Waals surface area contributed by atoms with Gasteiger partial charge in [0.2, 0.25) is 5.95 Å². The molecular formula is C23H23N5O2S2. The van der Waals surface area contributed by atoms with E-state index in [1.807, 2.05) is 36.4 Å². The van der Waals surface area contributed by atoms with Crippen LogP contribution in [0.3, 0.4) is 0 Å². The molecule has 0 saturated heterocycles. The van der Waals surface area contributed by atoms with Crippen LogP contribution in [0.25, 0.3) is 32.6 Å². The zero-order valence-electron chi connectivity index (χ0n) is 17.3. The Morgan fingerprint density at radius 2 is 1.91 bits per heavy atom. The normalized spacial score (nSPS) is 14.9. The third-order valence-electron chi connectivity index (χ3n) is 5.63. The molecular weight excluding hydrogens is 442 g/mol. The van der Waals surface area contributed by atoms with Crippen molar-refractivity contribution in [3.8, 4) is 22.4 Å². The van der Waals surface area contributed by atoms with Crippen LogP contribution in [-0.2, 0) is 10.8 Å². The fourth-order valence-corrected chi connectivity index (χ4v) is 6.91. The first-order valence-corrected chi connectivity index (χ1v) is 12.5. The van der Waals surface area contributed by atoms with Gasteiger partial charge in [-0.3, -0.25) is 4.21 Å². The first-order chi connectivity index (χ1) is 15.7. The monoisotopic (exact) mass is 465 g/mol. The maximum absolute atomic E-state index is 13.1. The average Bonchev–Trinajstić information content (AvgIpc) is 3.13. The summed E-state index contributed by atoms with van der Waals surface area (Å²) in [6.07, 6.45) is 6.51. The summed E-state index contributed by atoms with van der Waals surface area (Å²) in [6.45, 7) is 0.394. The van der Waals surface area contributed by atoms with Crippen LogP contribution in [0.5, 0.6) is 0 Å². The molecule has 1 aliphatic rings. The van der Waals surface area contributed by atoms with Gasteiger partial charge in [0, 0.05) is 35.1 Å². The maximum Gasteiger partial charge on any atom is 0.222 e. The van der Waals surface area contributed by atoms with Crippen LogP contribution in [0, 0.1) is 0 Å². The van der Waals surface area contributed by atoms with E-state index >= 15 is 0 Å². The summed E-state index contributed by atoms with van der Waals surface area (Å²) in [5.41, 5.74) is 10.6. The molecule has 9 heteroatoms. The molecule has 3 aromatic heterocycles. The Bertz CT molecular complexity index is 1270. The van der Waals surface area contributed by atoms with Crippen molar-refractivity contribution >= 4 is 44.0 Å². The SMILES string of the molecule is Nc1c([S@@](=O)C2CCC2)sc2nc(-c3cnc(NCCO)nc3)cc(-c3ccccc3)c12. The zero-order chi connectivity index (χ0) is 22.1. The number of fused-ring (bicyclic) bond motifs is 1. The molecule has 0 bridgehead atoms. The molecule has 1 aromatic carbocycles. The van der Waals surface area contributed by atoms with Gasteiger partial charge in [-0.2, -0.15) is 0 Å². The number of nitrogens with zero attached hydrogens (tertiary/aromatic N) is 3. The Balaban J connectivity index is 1.64. The number of aliphatic hydroxyl groups is 1. The minimum absolute atomic E-state index is 0.00807. The summed E-state index contributed by atoms with van der Waals surface area (Å²) in [6, 6.07) is 12.0. The van der Waals surface area contributed by atoms with Crippen LogP contribution in [0.4, 0.5) is 11.6 Å². The predicted molar refractivity (Wildman–Crippen MR) is 130 cm³/mol. The molecule has 32 heavy (non-hydrogen) atoms. The van der Waals surface area contributed by atoms with E-state index in [-0.39, 0.29) is 11.9 Å². The van der Waals surface area contributed by atoms with Gasteiger partial charge in [0.1, 0.15) is 9.04 Å². The van der Waals surface area contributed by atoms with Crippen molar-refractivity contribution in [3.63, 3.8) is 0 Å². The number of anilines is 2. The van der Waals surface area contributed by atoms with Crippen molar-refractivity contribution in [2.45, 2.75) is 28.7 Å². The number of pyridine rings is 1. The van der Waals surface area contributed by atoms with Gasteiger partial charge in [-0.25, -0.2) is 15.0 Å². The van der Waals surface area contributed by atoms with Crippen LogP contribution in [0.1, 0.15) is 19.3 Å². The van der Waals surface area contributed by atoms with Crippen molar-refractivity contribution < 1.29 is 9.32 Å². The number of nitrogens with two attached hydrogens (primary N) is 1. The molecule has 164 valence electrons. The third kappa shape index (κ3) is 3.87. The molecule has 0 radical (unpaired) electrons. The second kappa shape index (κ2) is 8.93. The van der Waals surface area contributed by atoms with Crippen molar-refractivity contribution in [2.75, 3.05) is 24.2 Å². The molecule has 1 saturated carbocycles. The van der Waals surface area contributed by atoms with E-state index in [0.29, 0.717) is 18.2 Å². The quantitative estimate of drug-likeness (QED) is 0.377. The van der Waals surface area contributed by atoms with Crippen molar-refractivity contribution in [3.05, 3.63) is 48.8 Å². The van der Waals surface area contributed by atoms with Gasteiger partial charge < -0.3 is 16.2 Å². The molecule has 7 nitrogen and oxygen atoms in total. The largest absolute Gasteiger partial charge is 0.396 e. The molecule has 0 spiro atoms. The van der Waals surface area contributed by atoms with E-state index in [1.165, 1.54) is 11.3 Å². The summed E-state index contributed by atoms with van der Waals surface area (Å²) in [7, 11) is -1.11. The summed E-state index contributed by atoms with van der Waals surface area (Å²) in [4.78, 5) is 14.3. The Morgan fingerprint density at radius 1 is 1.16 bits per heavy atom. The van der Waals surface area contributed by atoms with E-state index in [0.717, 1.165) is 56.1 Å². The van der Waals surface area contributed by atoms with E-state index in [4.69, 9.17) is 15.8 Å². The van der Waals surface area contributed by atoms with Gasteiger partial charge >= 0.3 is 0 Å². The van der Waals surface area contributed by atoms with Gasteiger partial charge in [0.05, 0.1) is 28.8 Å². The highest BCUT2D eigenvalue weighted by Gasteiger charge is 2.29. The van der Waals surface area contributed by atoms with Gasteiger partial charge in [-0.05, 0) is 30.0 Å². The third-order valence-corrected chi connectivity index (χ3v) is 8.93. The van der Waals surface area contributed by atoms with Crippen molar-refractivity contribution in [1.29, 1.82) is 0 Å². The summed E-state index contributed by atoms with van der Waals surface area (Å²) < 4.78 is 13.8. The Kier molecular flexibility index (Phi) is 5.86. The lowest BCUT2D eigenvalue weighted by Crippen LogP contribution is -2.23. The number of rotatable bonds is 7. The minimum atomic E-state index is -1.11. The van der Waals surface area contributed by atoms with Crippen molar-refractivity contribution in [2.24, 2.45) is 0 Å². The topological polar surface area (TPSA) is 114 Å². The van der Waals surface area contributed by atoms with Gasteiger partial charge in [-0.15, -0.1) is 11.3 Å². The van der Waals surface area contributed by atoms with Crippen LogP contribution in [0.2, 0.25) is 0 Å². The molecule has 3 heterocycles. The predicted octanol–water partition coefficient (Wildman–Crippen LogP) is 4.07. The average molecular weight is 466 g/mol. The standard InChI is InChI=1S/C23H23N5O2S2/c24-20-19-17(14-5-2-1-3-6-14)11-18(15-12-26-23(27-13-15)25-9-10-29)28-21(19)31-22(20)32(30)16-7-4-8-16/h1-3,5-6,11-13,16,29H,4,7-10,24H2,(H,25,26,27)/t32-/m0/s1. The molecule has 0 aliphatic heterocycles. The molecule has 5 rings (SSSR count). The highest BCUT2D eigenvalue weighted by Crippen LogP contribution is 2.44. The Hall–Kier alpha value is -2.88. The molecule has 0 amide bonds. The first kappa shape index (κ1) is 21.0. The van der Waals surface area contributed by atoms with Gasteiger partial charge in [0.15, 0.2) is 0 Å². The van der Waals surface area contributed by atoms with E-state index in [1.54, 1.807) is 12.4 Å². The number of nitrogen functional groups attached to an aromatic ring is 1. The number of nitrogens with one attached hydrogen (secondary N) is 1. The van der Waals surface area contributed by atoms with Crippen LogP contribution < -0.4 is 11.1 Å². The number of hydrogen-bond donors (Lipinski definition) is 3. The minimum Gasteiger partial charge on any atom is -0.396 e. The summed E-state index contributed by atoms with van der Waals surface area (Å²) in [5, 5.41) is 12.9. The maximum atomic E-state index is 13.1. The lowest BCUT2D eigenvalue weighted by Gasteiger charge is -2.23. The molecule has 1 atom stereocenters. The smallest absolute Gasteiger partial charge is 0.222 e. The number of hydrogen-bond acceptors (Lipinski definition) is 8. The van der Waals surface area contributed by atoms with E-state index in [2.05, 4.69) is 15.3 Å². The fourth-order valence-electron chi connectivity index (χ4n) is 3.70. The molecule has 1 aliphatic carbocycles. The number of benzene rings is 1. The molecule has 4 aromatic rings. The Morgan fingerprint density at radius 3 is 2.56 bits per heavy atom. The highest BCUT2D eigenvalue weighted by molar-refractivity contribution is 7.88. The first-order valence-electron chi connectivity index (χ1n) is 10.5. The van der Waals surface area contributed by atoms with E-state index < -0.39 is 10.8 Å². The van der Waals surface area contributed by atoms with Gasteiger partial charge in [0.25, 0.3) is 0 Å². The molecule has 0 unspecified atom stereocenters. The van der Waals surface area contributed by atoms with Gasteiger partial charge in [-0.1, -0.05) is 36.8 Å². The summed E-state index contributed by atoms with van der Waals surface area (Å²) >= 11 is 1.42.